The van der Waals surface area contributed by atoms with E-state index in [0.717, 1.165) is 31.1 Å². The Balaban J connectivity index is -0.000000176. The summed E-state index contributed by atoms with van der Waals surface area (Å²) in [6.07, 6.45) is 8.92. The molecule has 1 amide bonds. The summed E-state index contributed by atoms with van der Waals surface area (Å²) in [6.45, 7) is 19.4. The molecular weight excluding hydrogens is 418 g/mol. The molecule has 0 bridgehead atoms. The number of ether oxygens (including phenoxy) is 2. The van der Waals surface area contributed by atoms with Crippen LogP contribution in [0.3, 0.4) is 0 Å². The van der Waals surface area contributed by atoms with Crippen molar-refractivity contribution in [3.63, 3.8) is 0 Å². The van der Waals surface area contributed by atoms with Gasteiger partial charge in [0.25, 0.3) is 0 Å². The minimum absolute atomic E-state index is 0.310. The molecule has 0 aromatic rings. The van der Waals surface area contributed by atoms with Gasteiger partial charge in [0, 0.05) is 18.2 Å². The van der Waals surface area contributed by atoms with Crippen molar-refractivity contribution in [2.24, 2.45) is 5.92 Å². The molecule has 9 heteroatoms. The molecule has 0 fully saturated rings. The number of unbranched alkanes of at least 4 members (excludes halogenated alkanes) is 1. The molecular formula is C23H39NO8. The van der Waals surface area contributed by atoms with E-state index in [2.05, 4.69) is 50.2 Å². The maximum Gasteiger partial charge on any atom is 0.330 e. The van der Waals surface area contributed by atoms with E-state index >= 15 is 0 Å². The van der Waals surface area contributed by atoms with E-state index in [0.29, 0.717) is 19.1 Å². The Morgan fingerprint density at radius 3 is 1.66 bits per heavy atom. The van der Waals surface area contributed by atoms with E-state index in [9.17, 15) is 19.2 Å². The highest BCUT2D eigenvalue weighted by Gasteiger charge is 2.07. The Kier molecular flexibility index (Phi) is 33.9. The number of carbonyl (C=O) groups is 4. The van der Waals surface area contributed by atoms with Crippen LogP contribution in [0.2, 0.25) is 0 Å². The number of carboxylic acid groups (broad SMARTS) is 1. The SMILES string of the molecule is C=CC(=O)NCO.C=CC(=O)O.C=CC(=O)OCC.C=CC(=O)OCC(CC)CCCC. The molecule has 0 aliphatic rings. The van der Waals surface area contributed by atoms with Gasteiger partial charge in [-0.05, 0) is 25.3 Å². The molecule has 0 aromatic heterocycles. The van der Waals surface area contributed by atoms with Crippen LogP contribution in [0.5, 0.6) is 0 Å². The van der Waals surface area contributed by atoms with Gasteiger partial charge in [0.1, 0.15) is 6.73 Å². The highest BCUT2D eigenvalue weighted by molar-refractivity contribution is 5.86. The fourth-order valence-corrected chi connectivity index (χ4v) is 1.51. The van der Waals surface area contributed by atoms with E-state index in [1.807, 2.05) is 0 Å². The third-order valence-corrected chi connectivity index (χ3v) is 3.24. The second-order valence-corrected chi connectivity index (χ2v) is 5.65. The maximum absolute atomic E-state index is 10.8. The summed E-state index contributed by atoms with van der Waals surface area (Å²) in [5.74, 6) is -1.49. The Bertz CT molecular complexity index is 536. The van der Waals surface area contributed by atoms with Crippen LogP contribution in [-0.4, -0.2) is 54.0 Å². The summed E-state index contributed by atoms with van der Waals surface area (Å²) in [4.78, 5) is 40.1. The van der Waals surface area contributed by atoms with Gasteiger partial charge in [0.2, 0.25) is 5.91 Å². The van der Waals surface area contributed by atoms with Gasteiger partial charge in [0.15, 0.2) is 0 Å². The predicted octanol–water partition coefficient (Wildman–Crippen LogP) is 3.16. The topological polar surface area (TPSA) is 139 Å². The molecule has 0 saturated heterocycles. The van der Waals surface area contributed by atoms with Gasteiger partial charge in [0.05, 0.1) is 13.2 Å². The normalized spacial score (nSPS) is 9.25. The molecule has 0 rings (SSSR count). The van der Waals surface area contributed by atoms with Crippen LogP contribution >= 0.6 is 0 Å². The molecule has 0 aliphatic carbocycles. The van der Waals surface area contributed by atoms with E-state index in [1.165, 1.54) is 18.9 Å². The fourth-order valence-electron chi connectivity index (χ4n) is 1.51. The van der Waals surface area contributed by atoms with E-state index in [-0.39, 0.29) is 24.6 Å². The van der Waals surface area contributed by atoms with Crippen LogP contribution in [-0.2, 0) is 28.7 Å². The second-order valence-electron chi connectivity index (χ2n) is 5.65. The van der Waals surface area contributed by atoms with E-state index in [1.54, 1.807) is 6.92 Å². The van der Waals surface area contributed by atoms with Crippen LogP contribution < -0.4 is 5.32 Å². The van der Waals surface area contributed by atoms with Crippen molar-refractivity contribution in [3.05, 3.63) is 50.6 Å². The Labute approximate surface area is 191 Å². The van der Waals surface area contributed by atoms with Gasteiger partial charge in [-0.1, -0.05) is 59.4 Å². The first-order chi connectivity index (χ1) is 15.1. The van der Waals surface area contributed by atoms with Gasteiger partial charge < -0.3 is 25.0 Å². The average molecular weight is 458 g/mol. The lowest BCUT2D eigenvalue weighted by atomic mass is 10.0. The van der Waals surface area contributed by atoms with Crippen LogP contribution in [0.4, 0.5) is 0 Å². The first-order valence-corrected chi connectivity index (χ1v) is 10.1. The summed E-state index contributed by atoms with van der Waals surface area (Å²) in [7, 11) is 0. The third kappa shape index (κ3) is 37.5. The van der Waals surface area contributed by atoms with Crippen LogP contribution in [0.1, 0.15) is 46.5 Å². The van der Waals surface area contributed by atoms with Crippen LogP contribution in [0.25, 0.3) is 0 Å². The molecule has 0 aromatic carbocycles. The van der Waals surface area contributed by atoms with Gasteiger partial charge in [-0.3, -0.25) is 4.79 Å². The zero-order valence-corrected chi connectivity index (χ0v) is 19.5. The number of aliphatic carboxylic acids is 1. The van der Waals surface area contributed by atoms with Crippen molar-refractivity contribution in [2.45, 2.75) is 46.5 Å². The number of amides is 1. The third-order valence-electron chi connectivity index (χ3n) is 3.24. The largest absolute Gasteiger partial charge is 0.478 e. The highest BCUT2D eigenvalue weighted by atomic mass is 16.5. The Morgan fingerprint density at radius 2 is 1.41 bits per heavy atom. The number of carboxylic acids is 1. The first-order valence-electron chi connectivity index (χ1n) is 10.1. The maximum atomic E-state index is 10.8. The zero-order chi connectivity index (χ0) is 25.8. The predicted molar refractivity (Wildman–Crippen MR) is 125 cm³/mol. The fraction of sp³-hybridized carbons (Fsp3) is 0.478. The summed E-state index contributed by atoms with van der Waals surface area (Å²) in [6, 6.07) is 0. The second kappa shape index (κ2) is 30.0. The molecule has 0 radical (unpaired) electrons. The molecule has 184 valence electrons. The monoisotopic (exact) mass is 457 g/mol. The molecule has 1 unspecified atom stereocenters. The highest BCUT2D eigenvalue weighted by Crippen LogP contribution is 2.12. The summed E-state index contributed by atoms with van der Waals surface area (Å²) < 4.78 is 9.42. The number of carbonyl (C=O) groups excluding carboxylic acids is 3. The first kappa shape index (κ1) is 36.2. The molecule has 0 heterocycles. The van der Waals surface area contributed by atoms with Crippen molar-refractivity contribution in [3.8, 4) is 0 Å². The summed E-state index contributed by atoms with van der Waals surface area (Å²) in [5, 5.41) is 17.7. The summed E-state index contributed by atoms with van der Waals surface area (Å²) in [5.41, 5.74) is 0. The standard InChI is InChI=1S/C11H20O2.C5H8O2.C4H7NO2.C3H4O2/c1-4-7-8-10(5-2)9-13-11(12)6-3;1-3-5(6)7-4-2;1-2-4(7)5-3-6;1-2-3(4)5/h6,10H,3-5,7-9H2,1-2H3;3H,1,4H2,2H3;2,6H,1,3H2,(H,5,7);2H,1H2,(H,4,5). The zero-order valence-electron chi connectivity index (χ0n) is 19.5. The molecule has 9 nitrogen and oxygen atoms in total. The number of hydrogen-bond acceptors (Lipinski definition) is 7. The quantitative estimate of drug-likeness (QED) is 0.231. The number of hydrogen-bond donors (Lipinski definition) is 3. The van der Waals surface area contributed by atoms with Gasteiger partial charge >= 0.3 is 17.9 Å². The number of aliphatic hydroxyl groups is 1. The molecule has 1 atom stereocenters. The number of nitrogens with one attached hydrogen (secondary N) is 1. The molecule has 32 heavy (non-hydrogen) atoms. The van der Waals surface area contributed by atoms with E-state index < -0.39 is 5.97 Å². The smallest absolute Gasteiger partial charge is 0.330 e. The number of aliphatic hydroxyl groups excluding tert-OH is 1. The van der Waals surface area contributed by atoms with Crippen molar-refractivity contribution in [2.75, 3.05) is 19.9 Å². The Morgan fingerprint density at radius 1 is 0.906 bits per heavy atom. The molecule has 3 N–H and O–H groups in total. The van der Waals surface area contributed by atoms with Gasteiger partial charge in [-0.15, -0.1) is 0 Å². The summed E-state index contributed by atoms with van der Waals surface area (Å²) >= 11 is 0. The number of rotatable bonds is 12. The van der Waals surface area contributed by atoms with Crippen molar-refractivity contribution in [1.29, 1.82) is 0 Å². The molecule has 0 aliphatic heterocycles. The van der Waals surface area contributed by atoms with Crippen molar-refractivity contribution < 1.29 is 38.9 Å². The van der Waals surface area contributed by atoms with Crippen molar-refractivity contribution >= 4 is 23.8 Å². The van der Waals surface area contributed by atoms with Crippen LogP contribution in [0, 0.1) is 5.92 Å². The Hall–Kier alpha value is -3.20. The molecule has 0 spiro atoms. The lowest BCUT2D eigenvalue weighted by Crippen LogP contribution is -2.20. The van der Waals surface area contributed by atoms with Crippen molar-refractivity contribution in [1.82, 2.24) is 5.32 Å². The minimum atomic E-state index is -0.981. The van der Waals surface area contributed by atoms with Gasteiger partial charge in [-0.2, -0.15) is 0 Å². The lowest BCUT2D eigenvalue weighted by molar-refractivity contribution is -0.139. The lowest BCUT2D eigenvalue weighted by Gasteiger charge is -2.13. The number of esters is 2. The van der Waals surface area contributed by atoms with Gasteiger partial charge in [-0.25, -0.2) is 14.4 Å². The van der Waals surface area contributed by atoms with Crippen LogP contribution in [0.15, 0.2) is 50.6 Å². The van der Waals surface area contributed by atoms with E-state index in [4.69, 9.17) is 14.9 Å². The average Bonchev–Trinajstić information content (AvgIpc) is 2.80. The molecule has 0 saturated carbocycles. The minimum Gasteiger partial charge on any atom is -0.478 e.